The number of carbonyl (C=O) groups excluding carboxylic acids is 1. The Balaban J connectivity index is 1.72. The Kier molecular flexibility index (Phi) is 6.33. The van der Waals surface area contributed by atoms with Crippen LogP contribution in [0.2, 0.25) is 0 Å². The Morgan fingerprint density at radius 2 is 1.77 bits per heavy atom. The van der Waals surface area contributed by atoms with Gasteiger partial charge >= 0.3 is 0 Å². The standard InChI is InChI=1S/C21H19N3O5S/c1-29-18-11-9-17(10-12-18)24-30(27,28)19-7-4-6-15(13-19)21(26)23-22-14-16-5-2-3-8-20(16)25/h2-14,24-25H,1H3,(H,23,26)/b22-14+. The number of nitrogens with one attached hydrogen (secondary N) is 2. The molecule has 3 aromatic carbocycles. The fourth-order valence-corrected chi connectivity index (χ4v) is 3.60. The molecule has 0 aromatic heterocycles. The van der Waals surface area contributed by atoms with Crippen molar-refractivity contribution >= 4 is 27.8 Å². The molecule has 0 radical (unpaired) electrons. The summed E-state index contributed by atoms with van der Waals surface area (Å²) in [5.74, 6) is 0.0253. The number of nitrogens with zero attached hydrogens (tertiary/aromatic N) is 1. The molecule has 0 aliphatic rings. The van der Waals surface area contributed by atoms with Gasteiger partial charge in [0.25, 0.3) is 15.9 Å². The van der Waals surface area contributed by atoms with Crippen molar-refractivity contribution in [3.05, 3.63) is 83.9 Å². The molecule has 0 atom stereocenters. The number of aromatic hydroxyl groups is 1. The summed E-state index contributed by atoms with van der Waals surface area (Å²) < 4.78 is 32.8. The predicted molar refractivity (Wildman–Crippen MR) is 113 cm³/mol. The molecule has 30 heavy (non-hydrogen) atoms. The number of carbonyl (C=O) groups is 1. The fourth-order valence-electron chi connectivity index (χ4n) is 2.50. The van der Waals surface area contributed by atoms with Crippen LogP contribution in [0.25, 0.3) is 0 Å². The number of amides is 1. The van der Waals surface area contributed by atoms with E-state index < -0.39 is 15.9 Å². The molecule has 8 nitrogen and oxygen atoms in total. The first kappa shape index (κ1) is 20.9. The van der Waals surface area contributed by atoms with E-state index in [9.17, 15) is 18.3 Å². The number of hydrogen-bond donors (Lipinski definition) is 3. The summed E-state index contributed by atoms with van der Waals surface area (Å²) in [6.07, 6.45) is 1.29. The molecule has 1 amide bonds. The van der Waals surface area contributed by atoms with Crippen LogP contribution in [0.1, 0.15) is 15.9 Å². The SMILES string of the molecule is COc1ccc(NS(=O)(=O)c2cccc(C(=O)N/N=C/c3ccccc3O)c2)cc1. The molecule has 0 spiro atoms. The van der Waals surface area contributed by atoms with Gasteiger partial charge in [-0.3, -0.25) is 9.52 Å². The van der Waals surface area contributed by atoms with E-state index in [-0.39, 0.29) is 16.2 Å². The summed E-state index contributed by atoms with van der Waals surface area (Å²) in [6, 6.07) is 18.5. The lowest BCUT2D eigenvalue weighted by molar-refractivity contribution is 0.0955. The molecule has 0 unspecified atom stereocenters. The molecule has 3 aromatic rings. The maximum Gasteiger partial charge on any atom is 0.271 e. The minimum atomic E-state index is -3.90. The summed E-state index contributed by atoms with van der Waals surface area (Å²) in [4.78, 5) is 12.2. The Hall–Kier alpha value is -3.85. The highest BCUT2D eigenvalue weighted by Gasteiger charge is 2.16. The second-order valence-electron chi connectivity index (χ2n) is 6.12. The van der Waals surface area contributed by atoms with Crippen LogP contribution in [0.3, 0.4) is 0 Å². The number of sulfonamides is 1. The minimum absolute atomic E-state index is 0.0215. The zero-order valence-corrected chi connectivity index (χ0v) is 16.8. The average Bonchev–Trinajstić information content (AvgIpc) is 2.75. The van der Waals surface area contributed by atoms with Gasteiger partial charge in [0, 0.05) is 16.8 Å². The topological polar surface area (TPSA) is 117 Å². The molecule has 9 heteroatoms. The average molecular weight is 425 g/mol. The second-order valence-corrected chi connectivity index (χ2v) is 7.80. The number of anilines is 1. The largest absolute Gasteiger partial charge is 0.507 e. The smallest absolute Gasteiger partial charge is 0.271 e. The van der Waals surface area contributed by atoms with Crippen LogP contribution in [0.15, 0.2) is 82.8 Å². The molecule has 0 heterocycles. The summed E-state index contributed by atoms with van der Waals surface area (Å²) in [5.41, 5.74) is 3.21. The number of hydrogen-bond acceptors (Lipinski definition) is 6. The van der Waals surface area contributed by atoms with Crippen molar-refractivity contribution in [2.45, 2.75) is 4.90 Å². The van der Waals surface area contributed by atoms with Gasteiger partial charge in [-0.25, -0.2) is 13.8 Å². The lowest BCUT2D eigenvalue weighted by Gasteiger charge is -2.10. The van der Waals surface area contributed by atoms with Gasteiger partial charge in [-0.1, -0.05) is 18.2 Å². The lowest BCUT2D eigenvalue weighted by Crippen LogP contribution is -2.19. The number of hydrazone groups is 1. The van der Waals surface area contributed by atoms with Gasteiger partial charge in [0.05, 0.1) is 18.2 Å². The minimum Gasteiger partial charge on any atom is -0.507 e. The van der Waals surface area contributed by atoms with E-state index >= 15 is 0 Å². The molecule has 3 rings (SSSR count). The zero-order valence-electron chi connectivity index (χ0n) is 15.9. The number of phenolic OH excluding ortho intramolecular Hbond substituents is 1. The van der Waals surface area contributed by atoms with Gasteiger partial charge in [0.2, 0.25) is 0 Å². The molecule has 0 saturated carbocycles. The molecule has 0 fully saturated rings. The van der Waals surface area contributed by atoms with Gasteiger partial charge in [0.1, 0.15) is 11.5 Å². The van der Waals surface area contributed by atoms with Crippen LogP contribution in [-0.4, -0.2) is 32.8 Å². The van der Waals surface area contributed by atoms with Gasteiger partial charge < -0.3 is 9.84 Å². The highest BCUT2D eigenvalue weighted by molar-refractivity contribution is 7.92. The van der Waals surface area contributed by atoms with Crippen LogP contribution in [-0.2, 0) is 10.0 Å². The Bertz CT molecular complexity index is 1180. The first-order valence-electron chi connectivity index (χ1n) is 8.77. The van der Waals surface area contributed by atoms with Crippen LogP contribution < -0.4 is 14.9 Å². The van der Waals surface area contributed by atoms with E-state index in [0.29, 0.717) is 17.0 Å². The van der Waals surface area contributed by atoms with Crippen molar-refractivity contribution < 1.29 is 23.1 Å². The van der Waals surface area contributed by atoms with Crippen molar-refractivity contribution in [1.82, 2.24) is 5.43 Å². The number of phenols is 1. The number of ether oxygens (including phenoxy) is 1. The number of methoxy groups -OCH3 is 1. The van der Waals surface area contributed by atoms with E-state index in [1.165, 1.54) is 43.7 Å². The first-order chi connectivity index (χ1) is 14.4. The third-order valence-corrected chi connectivity index (χ3v) is 5.43. The predicted octanol–water partition coefficient (Wildman–Crippen LogP) is 2.97. The zero-order chi connectivity index (χ0) is 21.6. The third kappa shape index (κ3) is 5.15. The van der Waals surface area contributed by atoms with Crippen LogP contribution in [0.4, 0.5) is 5.69 Å². The molecule has 0 bridgehead atoms. The second kappa shape index (κ2) is 9.10. The lowest BCUT2D eigenvalue weighted by atomic mass is 10.2. The fraction of sp³-hybridized carbons (Fsp3) is 0.0476. The van der Waals surface area contributed by atoms with E-state index in [1.54, 1.807) is 42.5 Å². The summed E-state index contributed by atoms with van der Waals surface area (Å²) in [6.45, 7) is 0. The van der Waals surface area contributed by atoms with Crippen LogP contribution in [0, 0.1) is 0 Å². The summed E-state index contributed by atoms with van der Waals surface area (Å²) >= 11 is 0. The molecule has 0 saturated heterocycles. The highest BCUT2D eigenvalue weighted by Crippen LogP contribution is 2.20. The Morgan fingerprint density at radius 3 is 2.47 bits per heavy atom. The molecular weight excluding hydrogens is 406 g/mol. The van der Waals surface area contributed by atoms with Crippen molar-refractivity contribution in [2.24, 2.45) is 5.10 Å². The maximum atomic E-state index is 12.6. The number of rotatable bonds is 7. The molecule has 0 aliphatic heterocycles. The monoisotopic (exact) mass is 425 g/mol. The van der Waals surface area contributed by atoms with Crippen molar-refractivity contribution in [3.63, 3.8) is 0 Å². The maximum absolute atomic E-state index is 12.6. The van der Waals surface area contributed by atoms with Crippen molar-refractivity contribution in [2.75, 3.05) is 11.8 Å². The molecule has 154 valence electrons. The summed E-state index contributed by atoms with van der Waals surface area (Å²) in [5, 5.41) is 13.5. The first-order valence-corrected chi connectivity index (χ1v) is 10.3. The van der Waals surface area contributed by atoms with Gasteiger partial charge in [-0.2, -0.15) is 5.10 Å². The normalized spacial score (nSPS) is 11.2. The molecule has 0 aliphatic carbocycles. The Morgan fingerprint density at radius 1 is 1.03 bits per heavy atom. The van der Waals surface area contributed by atoms with Gasteiger partial charge in [-0.05, 0) is 54.6 Å². The van der Waals surface area contributed by atoms with E-state index in [2.05, 4.69) is 15.2 Å². The Labute approximate surface area is 173 Å². The van der Waals surface area contributed by atoms with Crippen LogP contribution >= 0.6 is 0 Å². The molecular formula is C21H19N3O5S. The van der Waals surface area contributed by atoms with Gasteiger partial charge in [-0.15, -0.1) is 0 Å². The van der Waals surface area contributed by atoms with E-state index in [0.717, 1.165) is 0 Å². The molecule has 3 N–H and O–H groups in total. The third-order valence-electron chi connectivity index (χ3n) is 4.06. The van der Waals surface area contributed by atoms with Gasteiger partial charge in [0.15, 0.2) is 0 Å². The van der Waals surface area contributed by atoms with E-state index in [4.69, 9.17) is 4.74 Å². The highest BCUT2D eigenvalue weighted by atomic mass is 32.2. The number of benzene rings is 3. The summed E-state index contributed by atoms with van der Waals surface area (Å²) in [7, 11) is -2.38. The van der Waals surface area contributed by atoms with E-state index in [1.807, 2.05) is 0 Å². The van der Waals surface area contributed by atoms with Crippen molar-refractivity contribution in [3.8, 4) is 11.5 Å². The van der Waals surface area contributed by atoms with Crippen LogP contribution in [0.5, 0.6) is 11.5 Å². The quantitative estimate of drug-likeness (QED) is 0.397. The van der Waals surface area contributed by atoms with Crippen molar-refractivity contribution in [1.29, 1.82) is 0 Å². The number of para-hydroxylation sites is 1.